The molecule has 3 heterocycles. The predicted octanol–water partition coefficient (Wildman–Crippen LogP) is 2.04. The topological polar surface area (TPSA) is 110 Å². The van der Waals surface area contributed by atoms with Crippen LogP contribution in [0.15, 0.2) is 23.0 Å². The van der Waals surface area contributed by atoms with Crippen LogP contribution in [0.25, 0.3) is 11.3 Å². The van der Waals surface area contributed by atoms with Gasteiger partial charge in [0.1, 0.15) is 6.04 Å². The van der Waals surface area contributed by atoms with Crippen LogP contribution >= 0.6 is 0 Å². The second-order valence-corrected chi connectivity index (χ2v) is 6.40. The largest absolute Gasteiger partial charge is 0.472 e. The Morgan fingerprint density at radius 3 is 2.88 bits per heavy atom. The van der Waals surface area contributed by atoms with Gasteiger partial charge in [-0.2, -0.15) is 0 Å². The number of hydrogen-bond donors (Lipinski definition) is 3. The van der Waals surface area contributed by atoms with Gasteiger partial charge in [0.15, 0.2) is 11.6 Å². The molecule has 7 nitrogen and oxygen atoms in total. The molecule has 1 atom stereocenters. The fourth-order valence-corrected chi connectivity index (χ4v) is 2.87. The minimum absolute atomic E-state index is 0.0630. The zero-order valence-electron chi connectivity index (χ0n) is 13.9. The fraction of sp³-hybridized carbons (Fsp3) is 0.353. The molecule has 1 aliphatic rings. The number of furan rings is 1. The zero-order chi connectivity index (χ0) is 18.1. The van der Waals surface area contributed by atoms with E-state index >= 15 is 0 Å². The molecule has 0 aromatic carbocycles. The number of primary amides is 1. The number of pyridine rings is 1. The number of carbonyl (C=O) groups is 2. The Morgan fingerprint density at radius 2 is 2.28 bits per heavy atom. The van der Waals surface area contributed by atoms with Crippen LogP contribution in [-0.4, -0.2) is 22.8 Å². The van der Waals surface area contributed by atoms with E-state index in [-0.39, 0.29) is 29.4 Å². The zero-order valence-corrected chi connectivity index (χ0v) is 13.9. The number of anilines is 1. The molecule has 8 heteroatoms. The molecule has 0 bridgehead atoms. The van der Waals surface area contributed by atoms with Crippen LogP contribution in [0.1, 0.15) is 36.2 Å². The normalized spacial score (nSPS) is 14.3. The van der Waals surface area contributed by atoms with Crippen LogP contribution in [0.3, 0.4) is 0 Å². The first-order chi connectivity index (χ1) is 11.9. The summed E-state index contributed by atoms with van der Waals surface area (Å²) in [5.74, 6) is -1.56. The average molecular weight is 346 g/mol. The number of amides is 2. The molecule has 0 aliphatic carbocycles. The van der Waals surface area contributed by atoms with E-state index in [1.54, 1.807) is 6.07 Å². The maximum atomic E-state index is 14.8. The molecule has 4 N–H and O–H groups in total. The van der Waals surface area contributed by atoms with E-state index in [4.69, 9.17) is 10.2 Å². The van der Waals surface area contributed by atoms with Gasteiger partial charge in [0, 0.05) is 17.7 Å². The molecular formula is C17H19FN4O3. The highest BCUT2D eigenvalue weighted by Gasteiger charge is 2.31. The van der Waals surface area contributed by atoms with Crippen LogP contribution in [0, 0.1) is 11.7 Å². The van der Waals surface area contributed by atoms with Crippen LogP contribution in [-0.2, 0) is 11.3 Å². The van der Waals surface area contributed by atoms with Gasteiger partial charge in [-0.3, -0.25) is 9.59 Å². The molecule has 1 aliphatic heterocycles. The first kappa shape index (κ1) is 16.9. The number of fused-ring (bicyclic) bond motifs is 1. The second kappa shape index (κ2) is 6.54. The lowest BCUT2D eigenvalue weighted by atomic mass is 10.0. The summed E-state index contributed by atoms with van der Waals surface area (Å²) in [4.78, 5) is 28.0. The Morgan fingerprint density at radius 1 is 1.52 bits per heavy atom. The SMILES string of the molecule is CC(C)C[C@@H](Nc1nc(-c2ccoc2)c2c(c1F)CNC2=O)C(N)=O. The predicted molar refractivity (Wildman–Crippen MR) is 89.1 cm³/mol. The van der Waals surface area contributed by atoms with Gasteiger partial charge >= 0.3 is 0 Å². The Labute approximate surface area is 143 Å². The van der Waals surface area contributed by atoms with Crippen molar-refractivity contribution in [1.29, 1.82) is 0 Å². The van der Waals surface area contributed by atoms with Crippen LogP contribution in [0.2, 0.25) is 0 Å². The van der Waals surface area contributed by atoms with Gasteiger partial charge in [-0.25, -0.2) is 9.37 Å². The van der Waals surface area contributed by atoms with Crippen molar-refractivity contribution >= 4 is 17.6 Å². The number of nitrogens with zero attached hydrogens (tertiary/aromatic N) is 1. The van der Waals surface area contributed by atoms with Gasteiger partial charge in [0.25, 0.3) is 5.91 Å². The van der Waals surface area contributed by atoms with Crippen LogP contribution in [0.5, 0.6) is 0 Å². The van der Waals surface area contributed by atoms with E-state index in [0.29, 0.717) is 17.7 Å². The first-order valence-electron chi connectivity index (χ1n) is 7.97. The molecule has 0 saturated heterocycles. The third-order valence-corrected chi connectivity index (χ3v) is 4.04. The van der Waals surface area contributed by atoms with E-state index in [2.05, 4.69) is 15.6 Å². The lowest BCUT2D eigenvalue weighted by Gasteiger charge is -2.19. The molecule has 2 aromatic rings. The number of aromatic nitrogens is 1. The number of rotatable bonds is 6. The fourth-order valence-electron chi connectivity index (χ4n) is 2.87. The first-order valence-corrected chi connectivity index (χ1v) is 7.97. The minimum atomic E-state index is -0.762. The maximum Gasteiger partial charge on any atom is 0.254 e. The number of carbonyl (C=O) groups excluding carboxylic acids is 2. The molecule has 0 fully saturated rings. The van der Waals surface area contributed by atoms with Crippen molar-refractivity contribution in [1.82, 2.24) is 10.3 Å². The van der Waals surface area contributed by atoms with E-state index in [0.717, 1.165) is 0 Å². The highest BCUT2D eigenvalue weighted by Crippen LogP contribution is 2.33. The van der Waals surface area contributed by atoms with Gasteiger partial charge < -0.3 is 20.8 Å². The summed E-state index contributed by atoms with van der Waals surface area (Å²) in [7, 11) is 0. The molecular weight excluding hydrogens is 327 g/mol. The second-order valence-electron chi connectivity index (χ2n) is 6.40. The molecule has 25 heavy (non-hydrogen) atoms. The summed E-state index contributed by atoms with van der Waals surface area (Å²) in [5, 5.41) is 5.39. The van der Waals surface area contributed by atoms with Gasteiger partial charge in [-0.15, -0.1) is 0 Å². The van der Waals surface area contributed by atoms with E-state index in [1.807, 2.05) is 13.8 Å². The van der Waals surface area contributed by atoms with Crippen molar-refractivity contribution in [3.8, 4) is 11.3 Å². The Bertz CT molecular complexity index is 818. The summed E-state index contributed by atoms with van der Waals surface area (Å²) in [5.41, 5.74) is 6.67. The maximum absolute atomic E-state index is 14.8. The Kier molecular flexibility index (Phi) is 4.43. The van der Waals surface area contributed by atoms with Gasteiger partial charge in [0.05, 0.1) is 23.8 Å². The highest BCUT2D eigenvalue weighted by atomic mass is 19.1. The smallest absolute Gasteiger partial charge is 0.254 e. The van der Waals surface area contributed by atoms with Crippen LogP contribution in [0.4, 0.5) is 10.2 Å². The van der Waals surface area contributed by atoms with Crippen molar-refractivity contribution in [2.45, 2.75) is 32.9 Å². The van der Waals surface area contributed by atoms with Gasteiger partial charge in [-0.1, -0.05) is 13.8 Å². The number of hydrogen-bond acceptors (Lipinski definition) is 5. The van der Waals surface area contributed by atoms with Crippen molar-refractivity contribution in [2.75, 3.05) is 5.32 Å². The average Bonchev–Trinajstić information content (AvgIpc) is 3.19. The minimum Gasteiger partial charge on any atom is -0.472 e. The van der Waals surface area contributed by atoms with Crippen molar-refractivity contribution in [3.05, 3.63) is 35.5 Å². The molecule has 0 spiro atoms. The van der Waals surface area contributed by atoms with Gasteiger partial charge in [-0.05, 0) is 18.4 Å². The standard InChI is InChI=1S/C17H19FN4O3/c1-8(2)5-11(15(19)23)21-16-13(18)10-6-20-17(24)12(10)14(22-16)9-3-4-25-7-9/h3-4,7-8,11H,5-6H2,1-2H3,(H2,19,23)(H,20,24)(H,21,22)/t11-/m1/s1. The van der Waals surface area contributed by atoms with Crippen LogP contribution < -0.4 is 16.4 Å². The number of halogens is 1. The Hall–Kier alpha value is -2.90. The number of nitrogens with two attached hydrogens (primary N) is 1. The van der Waals surface area contributed by atoms with E-state index in [9.17, 15) is 14.0 Å². The molecule has 0 saturated carbocycles. The summed E-state index contributed by atoms with van der Waals surface area (Å²) in [6, 6.07) is 0.873. The van der Waals surface area contributed by atoms with Crippen molar-refractivity contribution in [2.24, 2.45) is 11.7 Å². The number of nitrogens with one attached hydrogen (secondary N) is 2. The highest BCUT2D eigenvalue weighted by molar-refractivity contribution is 6.04. The summed E-state index contributed by atoms with van der Waals surface area (Å²) in [6.45, 7) is 3.93. The molecule has 2 amide bonds. The van der Waals surface area contributed by atoms with Crippen molar-refractivity contribution < 1.29 is 18.4 Å². The van der Waals surface area contributed by atoms with E-state index < -0.39 is 23.7 Å². The third-order valence-electron chi connectivity index (χ3n) is 4.04. The lowest BCUT2D eigenvalue weighted by molar-refractivity contribution is -0.119. The van der Waals surface area contributed by atoms with E-state index in [1.165, 1.54) is 12.5 Å². The van der Waals surface area contributed by atoms with Gasteiger partial charge in [0.2, 0.25) is 5.91 Å². The monoisotopic (exact) mass is 346 g/mol. The molecule has 0 radical (unpaired) electrons. The summed E-state index contributed by atoms with van der Waals surface area (Å²) >= 11 is 0. The summed E-state index contributed by atoms with van der Waals surface area (Å²) < 4.78 is 19.9. The van der Waals surface area contributed by atoms with Crippen molar-refractivity contribution in [3.63, 3.8) is 0 Å². The molecule has 2 aromatic heterocycles. The lowest BCUT2D eigenvalue weighted by Crippen LogP contribution is -2.37. The molecule has 132 valence electrons. The summed E-state index contributed by atoms with van der Waals surface area (Å²) in [6.07, 6.45) is 3.30. The molecule has 0 unspecified atom stereocenters. The third kappa shape index (κ3) is 3.19. The quantitative estimate of drug-likeness (QED) is 0.741. The Balaban J connectivity index is 2.07. The molecule has 3 rings (SSSR count).